The maximum Gasteiger partial charge on any atom is 0.339 e. The Kier molecular flexibility index (Phi) is 12.6. The highest BCUT2D eigenvalue weighted by Gasteiger charge is 2.20. The van der Waals surface area contributed by atoms with Crippen molar-refractivity contribution >= 4 is 23.9 Å². The van der Waals surface area contributed by atoms with E-state index >= 15 is 0 Å². The second-order valence-electron chi connectivity index (χ2n) is 7.87. The van der Waals surface area contributed by atoms with E-state index < -0.39 is 23.9 Å². The molecule has 208 valence electrons. The quantitative estimate of drug-likeness (QED) is 0.276. The molecular formula is C28H30O11. The summed E-state index contributed by atoms with van der Waals surface area (Å²) in [4.78, 5) is 49.9. The van der Waals surface area contributed by atoms with Crippen LogP contribution in [0.3, 0.4) is 0 Å². The first-order chi connectivity index (χ1) is 19.1. The topological polar surface area (TPSA) is 133 Å². The standard InChI is InChI=1S/C28H30O11/c29-25-21-7-1-3-9-23(21)27(31)38-19-17-34-15-13-33-14-16-35-18-20-39-28(32)24-10-4-2-8-22(24)26(30)37-12-6-5-11-36-25/h1-10H,11-20H2/b6-5+. The fraction of sp³-hybridized carbons (Fsp3) is 0.357. The Morgan fingerprint density at radius 3 is 1.00 bits per heavy atom. The van der Waals surface area contributed by atoms with E-state index in [0.29, 0.717) is 13.2 Å². The summed E-state index contributed by atoms with van der Waals surface area (Å²) in [5, 5.41) is 0. The summed E-state index contributed by atoms with van der Waals surface area (Å²) in [5.41, 5.74) is 0.246. The van der Waals surface area contributed by atoms with Gasteiger partial charge < -0.3 is 33.2 Å². The zero-order valence-corrected chi connectivity index (χ0v) is 21.3. The van der Waals surface area contributed by atoms with Crippen molar-refractivity contribution < 1.29 is 52.3 Å². The lowest BCUT2D eigenvalue weighted by Gasteiger charge is -2.10. The van der Waals surface area contributed by atoms with Crippen molar-refractivity contribution in [2.45, 2.75) is 0 Å². The van der Waals surface area contributed by atoms with Crippen LogP contribution in [0.15, 0.2) is 60.7 Å². The van der Waals surface area contributed by atoms with Crippen LogP contribution in [-0.4, -0.2) is 89.9 Å². The zero-order valence-electron chi connectivity index (χ0n) is 21.3. The SMILES string of the molecule is O=C1OC/C=C/COC(=O)c2ccccc2C(=O)OCCOCCOCCOCCOC(=O)c2ccccc21. The molecule has 1 aliphatic rings. The van der Waals surface area contributed by atoms with Crippen molar-refractivity contribution in [1.29, 1.82) is 0 Å². The average molecular weight is 543 g/mol. The summed E-state index contributed by atoms with van der Waals surface area (Å²) in [6.07, 6.45) is 2.97. The smallest absolute Gasteiger partial charge is 0.339 e. The van der Waals surface area contributed by atoms with Crippen LogP contribution in [0.25, 0.3) is 0 Å². The van der Waals surface area contributed by atoms with Gasteiger partial charge in [0.25, 0.3) is 0 Å². The molecule has 0 aliphatic carbocycles. The van der Waals surface area contributed by atoms with E-state index in [0.717, 1.165) is 0 Å². The second-order valence-corrected chi connectivity index (χ2v) is 7.87. The maximum atomic E-state index is 12.5. The first kappa shape index (κ1) is 29.5. The molecular weight excluding hydrogens is 512 g/mol. The van der Waals surface area contributed by atoms with E-state index in [-0.39, 0.29) is 75.1 Å². The van der Waals surface area contributed by atoms with Crippen LogP contribution in [-0.2, 0) is 33.2 Å². The van der Waals surface area contributed by atoms with E-state index in [9.17, 15) is 19.2 Å². The third-order valence-electron chi connectivity index (χ3n) is 5.19. The molecule has 1 aliphatic heterocycles. The predicted molar refractivity (Wildman–Crippen MR) is 136 cm³/mol. The molecule has 0 amide bonds. The molecule has 0 unspecified atom stereocenters. The van der Waals surface area contributed by atoms with Crippen LogP contribution < -0.4 is 0 Å². The normalized spacial score (nSPS) is 18.7. The van der Waals surface area contributed by atoms with E-state index in [1.807, 2.05) is 0 Å². The van der Waals surface area contributed by atoms with Gasteiger partial charge in [-0.25, -0.2) is 19.2 Å². The number of hydrogen-bond acceptors (Lipinski definition) is 11. The number of rotatable bonds is 0. The largest absolute Gasteiger partial charge is 0.460 e. The molecule has 0 spiro atoms. The average Bonchev–Trinajstić information content (AvgIpc) is 2.96. The highest BCUT2D eigenvalue weighted by atomic mass is 16.6. The van der Waals surface area contributed by atoms with Crippen molar-refractivity contribution in [1.82, 2.24) is 0 Å². The van der Waals surface area contributed by atoms with Crippen molar-refractivity contribution in [3.8, 4) is 0 Å². The van der Waals surface area contributed by atoms with Gasteiger partial charge in [0.1, 0.15) is 26.4 Å². The summed E-state index contributed by atoms with van der Waals surface area (Å²) in [5.74, 6) is -2.79. The molecule has 0 atom stereocenters. The lowest BCUT2D eigenvalue weighted by atomic mass is 10.1. The second kappa shape index (κ2) is 16.7. The van der Waals surface area contributed by atoms with Crippen molar-refractivity contribution in [2.24, 2.45) is 0 Å². The molecule has 2 aromatic rings. The van der Waals surface area contributed by atoms with Gasteiger partial charge in [0.15, 0.2) is 0 Å². The van der Waals surface area contributed by atoms with Gasteiger partial charge in [0, 0.05) is 0 Å². The zero-order chi connectivity index (χ0) is 27.7. The van der Waals surface area contributed by atoms with Gasteiger partial charge in [-0.15, -0.1) is 0 Å². The van der Waals surface area contributed by atoms with Gasteiger partial charge in [-0.3, -0.25) is 0 Å². The number of cyclic esters (lactones) is 4. The van der Waals surface area contributed by atoms with Crippen LogP contribution in [0.5, 0.6) is 0 Å². The Hall–Kier alpha value is -4.06. The van der Waals surface area contributed by atoms with Crippen LogP contribution in [0.4, 0.5) is 0 Å². The minimum Gasteiger partial charge on any atom is -0.460 e. The van der Waals surface area contributed by atoms with Crippen LogP contribution in [0.2, 0.25) is 0 Å². The minimum atomic E-state index is -0.716. The molecule has 0 saturated heterocycles. The third-order valence-corrected chi connectivity index (χ3v) is 5.19. The molecule has 3 rings (SSSR count). The van der Waals surface area contributed by atoms with E-state index in [4.69, 9.17) is 33.2 Å². The Labute approximate surface area is 225 Å². The monoisotopic (exact) mass is 542 g/mol. The van der Waals surface area contributed by atoms with E-state index in [2.05, 4.69) is 0 Å². The first-order valence-corrected chi connectivity index (χ1v) is 12.3. The molecule has 11 nitrogen and oxygen atoms in total. The molecule has 0 fully saturated rings. The first-order valence-electron chi connectivity index (χ1n) is 12.3. The number of esters is 4. The molecule has 0 N–H and O–H groups in total. The van der Waals surface area contributed by atoms with Crippen molar-refractivity contribution in [2.75, 3.05) is 66.1 Å². The van der Waals surface area contributed by atoms with Gasteiger partial charge >= 0.3 is 23.9 Å². The highest BCUT2D eigenvalue weighted by Crippen LogP contribution is 2.13. The fourth-order valence-electron chi connectivity index (χ4n) is 3.30. The van der Waals surface area contributed by atoms with Gasteiger partial charge in [0.2, 0.25) is 0 Å². The van der Waals surface area contributed by atoms with E-state index in [1.54, 1.807) is 24.3 Å². The summed E-state index contributed by atoms with van der Waals surface area (Å²) >= 11 is 0. The maximum absolute atomic E-state index is 12.5. The fourth-order valence-corrected chi connectivity index (χ4v) is 3.30. The van der Waals surface area contributed by atoms with Crippen LogP contribution in [0.1, 0.15) is 41.4 Å². The number of hydrogen-bond donors (Lipinski definition) is 0. The third kappa shape index (κ3) is 9.97. The Morgan fingerprint density at radius 1 is 0.385 bits per heavy atom. The Bertz CT molecular complexity index is 1050. The molecule has 0 bridgehead atoms. The van der Waals surface area contributed by atoms with Gasteiger partial charge in [-0.1, -0.05) is 24.3 Å². The van der Waals surface area contributed by atoms with Gasteiger partial charge in [0.05, 0.1) is 61.9 Å². The summed E-state index contributed by atoms with van der Waals surface area (Å²) < 4.78 is 36.9. The van der Waals surface area contributed by atoms with Crippen molar-refractivity contribution in [3.05, 3.63) is 82.9 Å². The van der Waals surface area contributed by atoms with Crippen molar-refractivity contribution in [3.63, 3.8) is 0 Å². The number of ether oxygens (including phenoxy) is 7. The number of carbonyl (C=O) groups is 4. The van der Waals surface area contributed by atoms with Crippen LogP contribution >= 0.6 is 0 Å². The van der Waals surface area contributed by atoms with Crippen LogP contribution in [0, 0.1) is 0 Å². The molecule has 39 heavy (non-hydrogen) atoms. The van der Waals surface area contributed by atoms with Gasteiger partial charge in [-0.05, 0) is 36.4 Å². The molecule has 2 aromatic carbocycles. The molecule has 0 radical (unpaired) electrons. The lowest BCUT2D eigenvalue weighted by Crippen LogP contribution is -2.17. The number of carbonyl (C=O) groups excluding carboxylic acids is 4. The summed E-state index contributed by atoms with van der Waals surface area (Å²) in [6.45, 7) is 1.24. The summed E-state index contributed by atoms with van der Waals surface area (Å²) in [7, 11) is 0. The highest BCUT2D eigenvalue weighted by molar-refractivity contribution is 6.03. The summed E-state index contributed by atoms with van der Waals surface area (Å²) in [6, 6.07) is 12.3. The van der Waals surface area contributed by atoms with E-state index in [1.165, 1.54) is 36.4 Å². The lowest BCUT2D eigenvalue weighted by molar-refractivity contribution is -0.00685. The molecule has 11 heteroatoms. The predicted octanol–water partition coefficient (Wildman–Crippen LogP) is 2.63. The number of fused-ring (bicyclic) bond motifs is 2. The van der Waals surface area contributed by atoms with Gasteiger partial charge in [-0.2, -0.15) is 0 Å². The number of benzene rings is 2. The molecule has 0 saturated carbocycles. The minimum absolute atomic E-state index is 0.00459. The molecule has 0 aromatic heterocycles. The Balaban J connectivity index is 1.62. The Morgan fingerprint density at radius 2 is 0.667 bits per heavy atom. The molecule has 1 heterocycles.